The molecule has 230 valence electrons. The predicted molar refractivity (Wildman–Crippen MR) is 140 cm³/mol. The van der Waals surface area contributed by atoms with E-state index < -0.39 is 54.1 Å². The van der Waals surface area contributed by atoms with Crippen molar-refractivity contribution in [2.75, 3.05) is 57.9 Å². The lowest BCUT2D eigenvalue weighted by atomic mass is 10.1. The minimum atomic E-state index is -1.55. The van der Waals surface area contributed by atoms with Crippen molar-refractivity contribution in [2.24, 2.45) is 0 Å². The number of carboxylic acid groups (broad SMARTS) is 1. The molecule has 7 N–H and O–H groups in total. The van der Waals surface area contributed by atoms with Gasteiger partial charge in [0.2, 0.25) is 11.8 Å². The number of methoxy groups -OCH3 is 2. The van der Waals surface area contributed by atoms with Crippen molar-refractivity contribution in [2.45, 2.75) is 25.4 Å². The fraction of sp³-hybridized carbons (Fsp3) is 0.478. The van der Waals surface area contributed by atoms with E-state index in [2.05, 4.69) is 46.4 Å². The monoisotopic (exact) mass is 596 g/mol. The number of aromatic amines is 2. The molecule has 0 aliphatic carbocycles. The molecule has 0 radical (unpaired) electrons. The fourth-order valence-corrected chi connectivity index (χ4v) is 3.04. The molecule has 0 aromatic carbocycles. The summed E-state index contributed by atoms with van der Waals surface area (Å²) < 4.78 is 19.7. The molecule has 19 nitrogen and oxygen atoms in total. The number of nitrogens with one attached hydrogen (secondary N) is 6. The van der Waals surface area contributed by atoms with Crippen molar-refractivity contribution < 1.29 is 52.8 Å². The van der Waals surface area contributed by atoms with Crippen LogP contribution in [0.4, 0.5) is 11.6 Å². The van der Waals surface area contributed by atoms with E-state index in [1.807, 2.05) is 0 Å². The van der Waals surface area contributed by atoms with Crippen LogP contribution < -0.4 is 21.3 Å². The number of esters is 1. The minimum absolute atomic E-state index is 0.0223. The van der Waals surface area contributed by atoms with Crippen LogP contribution in [-0.4, -0.2) is 120 Å². The highest BCUT2D eigenvalue weighted by molar-refractivity contribution is 6.01. The molecule has 2 heterocycles. The van der Waals surface area contributed by atoms with Crippen LogP contribution in [0.1, 0.15) is 34.3 Å². The van der Waals surface area contributed by atoms with Crippen molar-refractivity contribution in [1.82, 2.24) is 31.0 Å². The average molecular weight is 597 g/mol. The van der Waals surface area contributed by atoms with Crippen LogP contribution in [0.15, 0.2) is 12.1 Å². The van der Waals surface area contributed by atoms with Gasteiger partial charge < -0.3 is 45.3 Å². The van der Waals surface area contributed by atoms with E-state index in [1.54, 1.807) is 7.11 Å². The molecule has 0 aliphatic rings. The molecule has 2 atom stereocenters. The quantitative estimate of drug-likeness (QED) is 0.0744. The maximum Gasteiger partial charge on any atom is 0.356 e. The standard InChI is InChI=1S/C23H32N8O11/c1-12(20(35)25-13(10-19(33)34)21(36)27-17-9-15(29-31-17)23(38)40-3)24-22(37)14-8-16(30-28-14)26-18(32)11-42-7-6-41-5-4-39-2/h8-9,12-13H,4-7,10-11H2,1-3H3,(H,24,37)(H,25,35)(H,33,34)(H2,26,28,30,32)(H2,27,29,31,36)/t12-,13-/m0/s1. The number of aliphatic carboxylic acids is 1. The lowest BCUT2D eigenvalue weighted by molar-refractivity contribution is -0.139. The zero-order valence-electron chi connectivity index (χ0n) is 23.0. The summed E-state index contributed by atoms with van der Waals surface area (Å²) in [6, 6.07) is -0.403. The van der Waals surface area contributed by atoms with Gasteiger partial charge in [0.25, 0.3) is 11.8 Å². The Balaban J connectivity index is 1.86. The summed E-state index contributed by atoms with van der Waals surface area (Å²) in [4.78, 5) is 72.6. The number of aromatic nitrogens is 4. The third-order valence-electron chi connectivity index (χ3n) is 5.11. The number of H-pyrrole nitrogens is 2. The second kappa shape index (κ2) is 17.0. The van der Waals surface area contributed by atoms with Crippen molar-refractivity contribution in [3.8, 4) is 0 Å². The number of carbonyl (C=O) groups excluding carboxylic acids is 5. The summed E-state index contributed by atoms with van der Waals surface area (Å²) in [6.07, 6.45) is -0.791. The number of hydrogen-bond acceptors (Lipinski definition) is 12. The summed E-state index contributed by atoms with van der Waals surface area (Å²) in [5, 5.41) is 30.7. The lowest BCUT2D eigenvalue weighted by Crippen LogP contribution is -2.52. The first-order valence-corrected chi connectivity index (χ1v) is 12.3. The van der Waals surface area contributed by atoms with Crippen LogP contribution >= 0.6 is 0 Å². The lowest BCUT2D eigenvalue weighted by Gasteiger charge is -2.19. The Labute approximate surface area is 238 Å². The molecular formula is C23H32N8O11. The molecule has 0 saturated heterocycles. The normalized spacial score (nSPS) is 12.1. The van der Waals surface area contributed by atoms with Crippen LogP contribution in [0.2, 0.25) is 0 Å². The van der Waals surface area contributed by atoms with Gasteiger partial charge in [-0.05, 0) is 6.92 Å². The second-order valence-corrected chi connectivity index (χ2v) is 8.37. The summed E-state index contributed by atoms with van der Waals surface area (Å²) in [6.45, 7) is 2.31. The van der Waals surface area contributed by atoms with Gasteiger partial charge in [0, 0.05) is 19.2 Å². The number of ether oxygens (including phenoxy) is 4. The molecule has 0 bridgehead atoms. The molecule has 0 aliphatic heterocycles. The molecule has 2 rings (SSSR count). The predicted octanol–water partition coefficient (Wildman–Crippen LogP) is -1.75. The maximum absolute atomic E-state index is 12.6. The van der Waals surface area contributed by atoms with Crippen molar-refractivity contribution in [3.63, 3.8) is 0 Å². The third-order valence-corrected chi connectivity index (χ3v) is 5.11. The number of anilines is 2. The first-order chi connectivity index (χ1) is 20.0. The molecule has 42 heavy (non-hydrogen) atoms. The van der Waals surface area contributed by atoms with Crippen LogP contribution in [0.5, 0.6) is 0 Å². The summed E-state index contributed by atoms with van der Waals surface area (Å²) in [5.74, 6) is -5.36. The molecule has 19 heteroatoms. The zero-order chi connectivity index (χ0) is 31.1. The van der Waals surface area contributed by atoms with Gasteiger partial charge in [-0.25, -0.2) is 4.79 Å². The maximum atomic E-state index is 12.6. The van der Waals surface area contributed by atoms with E-state index in [0.717, 1.165) is 13.2 Å². The molecule has 2 aromatic rings. The summed E-state index contributed by atoms with van der Waals surface area (Å²) in [7, 11) is 2.69. The fourth-order valence-electron chi connectivity index (χ4n) is 3.04. The van der Waals surface area contributed by atoms with E-state index >= 15 is 0 Å². The van der Waals surface area contributed by atoms with Gasteiger partial charge in [0.1, 0.15) is 30.1 Å². The Bertz CT molecular complexity index is 1240. The molecule has 0 unspecified atom stereocenters. The van der Waals surface area contributed by atoms with Gasteiger partial charge >= 0.3 is 11.9 Å². The Kier molecular flexibility index (Phi) is 13.5. The van der Waals surface area contributed by atoms with E-state index in [9.17, 15) is 33.9 Å². The third kappa shape index (κ3) is 11.3. The number of carbonyl (C=O) groups is 6. The number of carboxylic acids is 1. The number of rotatable bonds is 18. The van der Waals surface area contributed by atoms with Gasteiger partial charge in [0.05, 0.1) is 40.0 Å². The van der Waals surface area contributed by atoms with Gasteiger partial charge in [-0.2, -0.15) is 10.2 Å². The molecule has 4 amide bonds. The van der Waals surface area contributed by atoms with E-state index in [0.29, 0.717) is 13.2 Å². The zero-order valence-corrected chi connectivity index (χ0v) is 23.0. The van der Waals surface area contributed by atoms with E-state index in [-0.39, 0.29) is 42.8 Å². The summed E-state index contributed by atoms with van der Waals surface area (Å²) >= 11 is 0. The van der Waals surface area contributed by atoms with Gasteiger partial charge in [-0.3, -0.25) is 34.2 Å². The number of amides is 4. The minimum Gasteiger partial charge on any atom is -0.481 e. The number of hydrogen-bond donors (Lipinski definition) is 7. The number of nitrogens with zero attached hydrogens (tertiary/aromatic N) is 2. The highest BCUT2D eigenvalue weighted by atomic mass is 16.5. The van der Waals surface area contributed by atoms with Gasteiger partial charge in [-0.1, -0.05) is 0 Å². The molecule has 0 fully saturated rings. The van der Waals surface area contributed by atoms with Crippen molar-refractivity contribution >= 4 is 47.2 Å². The molecule has 0 spiro atoms. The Morgan fingerprint density at radius 1 is 0.857 bits per heavy atom. The van der Waals surface area contributed by atoms with E-state index in [4.69, 9.17) is 14.2 Å². The summed E-state index contributed by atoms with van der Waals surface area (Å²) in [5.41, 5.74) is -0.172. The molecule has 2 aromatic heterocycles. The highest BCUT2D eigenvalue weighted by Crippen LogP contribution is 2.09. The Hall–Kier alpha value is -4.88. The topological polar surface area (TPSA) is 265 Å². The Morgan fingerprint density at radius 2 is 1.48 bits per heavy atom. The van der Waals surface area contributed by atoms with Crippen LogP contribution in [-0.2, 0) is 38.1 Å². The molecular weight excluding hydrogens is 564 g/mol. The largest absolute Gasteiger partial charge is 0.481 e. The van der Waals surface area contributed by atoms with Gasteiger partial charge in [-0.15, -0.1) is 0 Å². The van der Waals surface area contributed by atoms with Crippen molar-refractivity contribution in [3.05, 3.63) is 23.5 Å². The van der Waals surface area contributed by atoms with Gasteiger partial charge in [0.15, 0.2) is 11.6 Å². The van der Waals surface area contributed by atoms with Crippen LogP contribution in [0.3, 0.4) is 0 Å². The molecule has 0 saturated carbocycles. The first-order valence-electron chi connectivity index (χ1n) is 12.3. The highest BCUT2D eigenvalue weighted by Gasteiger charge is 2.28. The van der Waals surface area contributed by atoms with Crippen molar-refractivity contribution in [1.29, 1.82) is 0 Å². The Morgan fingerprint density at radius 3 is 2.14 bits per heavy atom. The first kappa shape index (κ1) is 33.3. The SMILES string of the molecule is COCCOCCOCC(=O)Nc1cc(C(=O)N[C@@H](C)C(=O)N[C@@H](CC(=O)O)C(=O)Nc2cc(C(=O)OC)[nH]n2)[nH]n1. The average Bonchev–Trinajstić information content (AvgIpc) is 3.61. The smallest absolute Gasteiger partial charge is 0.356 e. The second-order valence-electron chi connectivity index (χ2n) is 8.37. The van der Waals surface area contributed by atoms with Crippen LogP contribution in [0.25, 0.3) is 0 Å². The van der Waals surface area contributed by atoms with E-state index in [1.165, 1.54) is 13.0 Å². The van der Waals surface area contributed by atoms with Crippen LogP contribution in [0, 0.1) is 0 Å².